The molecule has 2 rings (SSSR count). The molecule has 0 saturated heterocycles. The number of ether oxygens (including phenoxy) is 1. The summed E-state index contributed by atoms with van der Waals surface area (Å²) >= 11 is 0. The molecule has 1 aromatic carbocycles. The van der Waals surface area contributed by atoms with Crippen molar-refractivity contribution in [2.24, 2.45) is 7.05 Å². The number of fused-ring (bicyclic) bond motifs is 1. The molecule has 18 heavy (non-hydrogen) atoms. The number of hydrogen-bond acceptors (Lipinski definition) is 4. The van der Waals surface area contributed by atoms with Gasteiger partial charge >= 0.3 is 5.69 Å². The summed E-state index contributed by atoms with van der Waals surface area (Å²) in [6.45, 7) is 1.80. The van der Waals surface area contributed by atoms with Crippen molar-refractivity contribution in [2.45, 2.75) is 6.92 Å². The van der Waals surface area contributed by atoms with Crippen molar-refractivity contribution in [3.63, 3.8) is 0 Å². The lowest BCUT2D eigenvalue weighted by Gasteiger charge is -2.02. The highest BCUT2D eigenvalue weighted by atomic mass is 16.6. The number of nitro benzene ring substituents is 1. The molecule has 2 aromatic rings. The van der Waals surface area contributed by atoms with Crippen molar-refractivity contribution in [3.8, 4) is 17.6 Å². The Balaban J connectivity index is 2.48. The van der Waals surface area contributed by atoms with Crippen LogP contribution in [0, 0.1) is 22.0 Å². The minimum Gasteiger partial charge on any atom is -0.474 e. The highest BCUT2D eigenvalue weighted by Crippen LogP contribution is 2.31. The third-order valence-electron chi connectivity index (χ3n) is 2.37. The zero-order valence-corrected chi connectivity index (χ0v) is 10.0. The van der Waals surface area contributed by atoms with E-state index in [0.29, 0.717) is 10.9 Å². The molecule has 0 saturated carbocycles. The Morgan fingerprint density at radius 3 is 3.00 bits per heavy atom. The maximum Gasteiger partial charge on any atom is 0.311 e. The summed E-state index contributed by atoms with van der Waals surface area (Å²) in [6, 6.07) is 3.02. The SMILES string of the molecule is CC#CCOc1cc2nn(C)cc2cc1[N+](=O)[O-]. The normalized spacial score (nSPS) is 9.89. The lowest BCUT2D eigenvalue weighted by molar-refractivity contribution is -0.385. The predicted octanol–water partition coefficient (Wildman–Crippen LogP) is 1.88. The molecule has 6 heteroatoms. The van der Waals surface area contributed by atoms with Crippen LogP contribution in [0.3, 0.4) is 0 Å². The van der Waals surface area contributed by atoms with E-state index in [2.05, 4.69) is 16.9 Å². The lowest BCUT2D eigenvalue weighted by atomic mass is 10.2. The van der Waals surface area contributed by atoms with Crippen molar-refractivity contribution in [3.05, 3.63) is 28.4 Å². The van der Waals surface area contributed by atoms with Crippen LogP contribution >= 0.6 is 0 Å². The van der Waals surface area contributed by atoms with Crippen molar-refractivity contribution >= 4 is 16.6 Å². The minimum absolute atomic E-state index is 0.0756. The second-order valence-electron chi connectivity index (χ2n) is 3.65. The van der Waals surface area contributed by atoms with Crippen LogP contribution < -0.4 is 4.74 Å². The van der Waals surface area contributed by atoms with Gasteiger partial charge in [0.15, 0.2) is 5.75 Å². The summed E-state index contributed by atoms with van der Waals surface area (Å²) in [5.74, 6) is 5.55. The largest absolute Gasteiger partial charge is 0.474 e. The molecule has 0 fully saturated rings. The van der Waals surface area contributed by atoms with Gasteiger partial charge in [-0.1, -0.05) is 5.92 Å². The van der Waals surface area contributed by atoms with Crippen molar-refractivity contribution in [1.29, 1.82) is 0 Å². The highest BCUT2D eigenvalue weighted by molar-refractivity contribution is 5.83. The first-order valence-electron chi connectivity index (χ1n) is 5.26. The van der Waals surface area contributed by atoms with Gasteiger partial charge in [-0.25, -0.2) is 0 Å². The van der Waals surface area contributed by atoms with E-state index in [1.54, 1.807) is 30.9 Å². The number of aromatic nitrogens is 2. The van der Waals surface area contributed by atoms with Crippen molar-refractivity contribution < 1.29 is 9.66 Å². The molecule has 0 amide bonds. The average Bonchev–Trinajstić information content (AvgIpc) is 2.67. The van der Waals surface area contributed by atoms with Gasteiger partial charge in [-0.3, -0.25) is 14.8 Å². The zero-order chi connectivity index (χ0) is 13.1. The first-order valence-corrected chi connectivity index (χ1v) is 5.26. The van der Waals surface area contributed by atoms with E-state index >= 15 is 0 Å². The topological polar surface area (TPSA) is 70.2 Å². The van der Waals surface area contributed by atoms with Crippen LogP contribution in [0.4, 0.5) is 5.69 Å². The molecule has 0 unspecified atom stereocenters. The van der Waals surface area contributed by atoms with Gasteiger partial charge in [-0.05, 0) is 6.92 Å². The molecular formula is C12H11N3O3. The Kier molecular flexibility index (Phi) is 3.15. The van der Waals surface area contributed by atoms with E-state index in [-0.39, 0.29) is 18.0 Å². The standard InChI is InChI=1S/C12H11N3O3/c1-3-4-5-18-12-7-10-9(8-14(2)13-10)6-11(12)15(16)17/h6-8H,5H2,1-2H3. The number of aryl methyl sites for hydroxylation is 1. The number of rotatable bonds is 3. The molecule has 0 aliphatic carbocycles. The van der Waals surface area contributed by atoms with Crippen LogP contribution in [0.25, 0.3) is 10.9 Å². The molecule has 0 atom stereocenters. The third-order valence-corrected chi connectivity index (χ3v) is 2.37. The third kappa shape index (κ3) is 2.25. The van der Waals surface area contributed by atoms with E-state index in [1.165, 1.54) is 6.07 Å². The summed E-state index contributed by atoms with van der Waals surface area (Å²) in [6.07, 6.45) is 1.72. The lowest BCUT2D eigenvalue weighted by Crippen LogP contribution is -1.98. The van der Waals surface area contributed by atoms with E-state index in [9.17, 15) is 10.1 Å². The van der Waals surface area contributed by atoms with Gasteiger partial charge in [0.2, 0.25) is 0 Å². The number of nitro groups is 1. The van der Waals surface area contributed by atoms with Gasteiger partial charge in [-0.2, -0.15) is 5.10 Å². The Labute approximate surface area is 103 Å². The molecule has 0 N–H and O–H groups in total. The fourth-order valence-corrected chi connectivity index (χ4v) is 1.61. The van der Waals surface area contributed by atoms with Crippen LogP contribution in [0.15, 0.2) is 18.3 Å². The van der Waals surface area contributed by atoms with Crippen molar-refractivity contribution in [2.75, 3.05) is 6.61 Å². The number of hydrogen-bond donors (Lipinski definition) is 0. The highest BCUT2D eigenvalue weighted by Gasteiger charge is 2.17. The molecule has 1 aromatic heterocycles. The first-order chi connectivity index (χ1) is 8.61. The Bertz CT molecular complexity index is 664. The summed E-state index contributed by atoms with van der Waals surface area (Å²) < 4.78 is 6.89. The van der Waals surface area contributed by atoms with Crippen LogP contribution in [-0.2, 0) is 7.05 Å². The van der Waals surface area contributed by atoms with Gasteiger partial charge in [0.25, 0.3) is 0 Å². The molecule has 0 bridgehead atoms. The number of nitrogens with zero attached hydrogens (tertiary/aromatic N) is 3. The smallest absolute Gasteiger partial charge is 0.311 e. The summed E-state index contributed by atoms with van der Waals surface area (Å²) in [5, 5.41) is 15.9. The van der Waals surface area contributed by atoms with E-state index < -0.39 is 4.92 Å². The van der Waals surface area contributed by atoms with Gasteiger partial charge < -0.3 is 4.74 Å². The molecule has 0 radical (unpaired) electrons. The quantitative estimate of drug-likeness (QED) is 0.470. The van der Waals surface area contributed by atoms with Gasteiger partial charge in [0.05, 0.1) is 10.4 Å². The van der Waals surface area contributed by atoms with Gasteiger partial charge in [-0.15, -0.1) is 5.92 Å². The average molecular weight is 245 g/mol. The molecular weight excluding hydrogens is 234 g/mol. The van der Waals surface area contributed by atoms with Crippen molar-refractivity contribution in [1.82, 2.24) is 9.78 Å². The Hall–Kier alpha value is -2.55. The second-order valence-corrected chi connectivity index (χ2v) is 3.65. The monoisotopic (exact) mass is 245 g/mol. The number of benzene rings is 1. The fourth-order valence-electron chi connectivity index (χ4n) is 1.61. The Morgan fingerprint density at radius 2 is 2.33 bits per heavy atom. The fraction of sp³-hybridized carbons (Fsp3) is 0.250. The van der Waals surface area contributed by atoms with Crippen LogP contribution in [-0.4, -0.2) is 21.3 Å². The second kappa shape index (κ2) is 4.75. The summed E-state index contributed by atoms with van der Waals surface area (Å²) in [7, 11) is 1.76. The molecule has 6 nitrogen and oxygen atoms in total. The zero-order valence-electron chi connectivity index (χ0n) is 10.0. The van der Waals surface area contributed by atoms with Gasteiger partial charge in [0.1, 0.15) is 6.61 Å². The minimum atomic E-state index is -0.471. The maximum absolute atomic E-state index is 11.0. The van der Waals surface area contributed by atoms with E-state index in [0.717, 1.165) is 0 Å². The van der Waals surface area contributed by atoms with Crippen LogP contribution in [0.2, 0.25) is 0 Å². The van der Waals surface area contributed by atoms with Crippen LogP contribution in [0.1, 0.15) is 6.92 Å². The molecule has 92 valence electrons. The molecule has 0 aliphatic heterocycles. The van der Waals surface area contributed by atoms with Crippen LogP contribution in [0.5, 0.6) is 5.75 Å². The first kappa shape index (κ1) is 11.9. The van der Waals surface area contributed by atoms with Gasteiger partial charge in [0, 0.05) is 30.8 Å². The van der Waals surface area contributed by atoms with E-state index in [4.69, 9.17) is 4.74 Å². The predicted molar refractivity (Wildman–Crippen MR) is 66.3 cm³/mol. The molecule has 0 aliphatic rings. The summed E-state index contributed by atoms with van der Waals surface area (Å²) in [4.78, 5) is 10.5. The van der Waals surface area contributed by atoms with E-state index in [1.807, 2.05) is 0 Å². The molecule has 1 heterocycles. The molecule has 0 spiro atoms. The summed E-state index contributed by atoms with van der Waals surface area (Å²) in [5.41, 5.74) is 0.580. The maximum atomic E-state index is 11.0. The Morgan fingerprint density at radius 1 is 1.56 bits per heavy atom.